The van der Waals surface area contributed by atoms with Gasteiger partial charge in [0.1, 0.15) is 5.75 Å². The van der Waals surface area contributed by atoms with Gasteiger partial charge in [0.25, 0.3) is 0 Å². The lowest BCUT2D eigenvalue weighted by Gasteiger charge is -2.02. The molecule has 0 radical (unpaired) electrons. The quantitative estimate of drug-likeness (QED) is 0.492. The van der Waals surface area contributed by atoms with Crippen molar-refractivity contribution in [2.24, 2.45) is 0 Å². The molecule has 0 amide bonds. The highest BCUT2D eigenvalue weighted by Crippen LogP contribution is 2.19. The highest BCUT2D eigenvalue weighted by atomic mass is 16.5. The first-order valence-electron chi connectivity index (χ1n) is 9.13. The van der Waals surface area contributed by atoms with Gasteiger partial charge in [0.15, 0.2) is 5.69 Å². The van der Waals surface area contributed by atoms with Crippen molar-refractivity contribution < 1.29 is 9.26 Å². The standard InChI is InChI=1S/C21H21N5O2/c1-15-20(23-25-26(15)14-17-6-4-3-5-7-17)21-22-19(28-24-21)13-10-16-8-11-18(27-2)12-9-16/h3-9,11-12H,10,13-14H2,1-2H3. The number of aromatic nitrogens is 5. The molecule has 4 aromatic rings. The van der Waals surface area contributed by atoms with Crippen molar-refractivity contribution in [2.75, 3.05) is 7.11 Å². The fourth-order valence-corrected chi connectivity index (χ4v) is 2.97. The molecule has 0 fully saturated rings. The Bertz CT molecular complexity index is 1040. The summed E-state index contributed by atoms with van der Waals surface area (Å²) in [5.74, 6) is 1.90. The molecule has 0 unspecified atom stereocenters. The summed E-state index contributed by atoms with van der Waals surface area (Å²) in [7, 11) is 1.66. The molecule has 142 valence electrons. The molecule has 7 nitrogen and oxygen atoms in total. The van der Waals surface area contributed by atoms with Crippen LogP contribution in [0.25, 0.3) is 11.5 Å². The third kappa shape index (κ3) is 3.93. The summed E-state index contributed by atoms with van der Waals surface area (Å²) in [6.07, 6.45) is 1.47. The van der Waals surface area contributed by atoms with Gasteiger partial charge in [-0.15, -0.1) is 5.10 Å². The van der Waals surface area contributed by atoms with Gasteiger partial charge in [0.2, 0.25) is 11.7 Å². The van der Waals surface area contributed by atoms with Crippen LogP contribution in [0.3, 0.4) is 0 Å². The molecule has 28 heavy (non-hydrogen) atoms. The van der Waals surface area contributed by atoms with Crippen molar-refractivity contribution >= 4 is 0 Å². The number of ether oxygens (including phenoxy) is 1. The average Bonchev–Trinajstić information content (AvgIpc) is 3.34. The summed E-state index contributed by atoms with van der Waals surface area (Å²) in [6, 6.07) is 18.1. The van der Waals surface area contributed by atoms with Crippen molar-refractivity contribution in [1.82, 2.24) is 25.1 Å². The fraction of sp³-hybridized carbons (Fsp3) is 0.238. The number of methoxy groups -OCH3 is 1. The summed E-state index contributed by atoms with van der Waals surface area (Å²) < 4.78 is 12.4. The van der Waals surface area contributed by atoms with E-state index in [9.17, 15) is 0 Å². The summed E-state index contributed by atoms with van der Waals surface area (Å²) >= 11 is 0. The van der Waals surface area contributed by atoms with Gasteiger partial charge in [0, 0.05) is 6.42 Å². The number of hydrogen-bond donors (Lipinski definition) is 0. The zero-order valence-corrected chi connectivity index (χ0v) is 15.9. The average molecular weight is 375 g/mol. The maximum absolute atomic E-state index is 5.41. The van der Waals surface area contributed by atoms with E-state index in [0.29, 0.717) is 30.4 Å². The lowest BCUT2D eigenvalue weighted by atomic mass is 10.1. The minimum absolute atomic E-state index is 0.474. The molecule has 2 heterocycles. The van der Waals surface area contributed by atoms with E-state index in [1.165, 1.54) is 5.56 Å². The number of aryl methyl sites for hydroxylation is 2. The highest BCUT2D eigenvalue weighted by Gasteiger charge is 2.17. The van der Waals surface area contributed by atoms with Crippen LogP contribution < -0.4 is 4.74 Å². The molecular formula is C21H21N5O2. The van der Waals surface area contributed by atoms with E-state index in [4.69, 9.17) is 9.26 Å². The molecule has 0 aliphatic rings. The van der Waals surface area contributed by atoms with Crippen LogP contribution in [0.4, 0.5) is 0 Å². The maximum Gasteiger partial charge on any atom is 0.227 e. The number of hydrogen-bond acceptors (Lipinski definition) is 6. The zero-order chi connectivity index (χ0) is 19.3. The van der Waals surface area contributed by atoms with Crippen molar-refractivity contribution in [1.29, 1.82) is 0 Å². The van der Waals surface area contributed by atoms with Gasteiger partial charge in [-0.2, -0.15) is 4.98 Å². The van der Waals surface area contributed by atoms with Crippen LogP contribution >= 0.6 is 0 Å². The van der Waals surface area contributed by atoms with Crippen molar-refractivity contribution in [3.63, 3.8) is 0 Å². The second kappa shape index (κ2) is 8.04. The summed E-state index contributed by atoms with van der Waals surface area (Å²) in [5, 5.41) is 12.6. The minimum atomic E-state index is 0.474. The van der Waals surface area contributed by atoms with Crippen LogP contribution in [0, 0.1) is 6.92 Å². The SMILES string of the molecule is COc1ccc(CCc2nc(-c3nnn(Cc4ccccc4)c3C)no2)cc1. The van der Waals surface area contributed by atoms with Gasteiger partial charge in [-0.1, -0.05) is 52.8 Å². The zero-order valence-electron chi connectivity index (χ0n) is 15.9. The third-order valence-corrected chi connectivity index (χ3v) is 4.62. The van der Waals surface area contributed by atoms with E-state index in [1.807, 2.05) is 54.1 Å². The molecule has 2 aromatic carbocycles. The molecule has 0 saturated heterocycles. The Kier molecular flexibility index (Phi) is 5.14. The van der Waals surface area contributed by atoms with Crippen molar-refractivity contribution in [2.45, 2.75) is 26.3 Å². The lowest BCUT2D eigenvalue weighted by molar-refractivity contribution is 0.378. The normalized spacial score (nSPS) is 10.9. The Labute approximate surface area is 163 Å². The summed E-state index contributed by atoms with van der Waals surface area (Å²) in [6.45, 7) is 2.62. The van der Waals surface area contributed by atoms with Crippen LogP contribution in [-0.4, -0.2) is 32.2 Å². The first-order valence-corrected chi connectivity index (χ1v) is 9.13. The Hall–Kier alpha value is -3.48. The Balaban J connectivity index is 1.43. The monoisotopic (exact) mass is 375 g/mol. The molecule has 0 saturated carbocycles. The molecule has 0 aliphatic carbocycles. The third-order valence-electron chi connectivity index (χ3n) is 4.62. The molecule has 0 atom stereocenters. The van der Waals surface area contributed by atoms with E-state index in [1.54, 1.807) is 7.11 Å². The van der Waals surface area contributed by atoms with Gasteiger partial charge in [0.05, 0.1) is 19.3 Å². The largest absolute Gasteiger partial charge is 0.497 e. The van der Waals surface area contributed by atoms with E-state index in [2.05, 4.69) is 32.6 Å². The van der Waals surface area contributed by atoms with Gasteiger partial charge < -0.3 is 9.26 Å². The predicted octanol–water partition coefficient (Wildman–Crippen LogP) is 3.48. The van der Waals surface area contributed by atoms with Gasteiger partial charge in [-0.05, 0) is 36.6 Å². The van der Waals surface area contributed by atoms with Crippen LogP contribution in [0.5, 0.6) is 5.75 Å². The predicted molar refractivity (Wildman–Crippen MR) is 104 cm³/mol. The van der Waals surface area contributed by atoms with Crippen LogP contribution in [0.1, 0.15) is 22.7 Å². The molecule has 0 N–H and O–H groups in total. The van der Waals surface area contributed by atoms with E-state index < -0.39 is 0 Å². The van der Waals surface area contributed by atoms with Crippen molar-refractivity contribution in [3.8, 4) is 17.3 Å². The fourth-order valence-electron chi connectivity index (χ4n) is 2.97. The van der Waals surface area contributed by atoms with E-state index in [0.717, 1.165) is 23.4 Å². The maximum atomic E-state index is 5.41. The van der Waals surface area contributed by atoms with Crippen molar-refractivity contribution in [3.05, 3.63) is 77.3 Å². The van der Waals surface area contributed by atoms with Crippen LogP contribution in [0.15, 0.2) is 59.1 Å². The second-order valence-electron chi connectivity index (χ2n) is 6.53. The van der Waals surface area contributed by atoms with E-state index in [-0.39, 0.29) is 0 Å². The number of nitrogens with zero attached hydrogens (tertiary/aromatic N) is 5. The number of rotatable bonds is 7. The number of benzene rings is 2. The Morgan fingerprint density at radius 2 is 1.75 bits per heavy atom. The highest BCUT2D eigenvalue weighted by molar-refractivity contribution is 5.50. The molecule has 2 aromatic heterocycles. The molecule has 0 aliphatic heterocycles. The lowest BCUT2D eigenvalue weighted by Crippen LogP contribution is -2.03. The second-order valence-corrected chi connectivity index (χ2v) is 6.53. The molecule has 4 rings (SSSR count). The minimum Gasteiger partial charge on any atom is -0.497 e. The topological polar surface area (TPSA) is 78.9 Å². The Morgan fingerprint density at radius 3 is 2.50 bits per heavy atom. The van der Waals surface area contributed by atoms with Crippen LogP contribution in [0.2, 0.25) is 0 Å². The van der Waals surface area contributed by atoms with Crippen LogP contribution in [-0.2, 0) is 19.4 Å². The smallest absolute Gasteiger partial charge is 0.227 e. The van der Waals surface area contributed by atoms with Gasteiger partial charge >= 0.3 is 0 Å². The van der Waals surface area contributed by atoms with Gasteiger partial charge in [-0.3, -0.25) is 0 Å². The Morgan fingerprint density at radius 1 is 0.964 bits per heavy atom. The summed E-state index contributed by atoms with van der Waals surface area (Å²) in [5.41, 5.74) is 3.91. The first kappa shape index (κ1) is 17.9. The summed E-state index contributed by atoms with van der Waals surface area (Å²) in [4.78, 5) is 4.49. The molecule has 0 spiro atoms. The van der Waals surface area contributed by atoms with E-state index >= 15 is 0 Å². The molecular weight excluding hydrogens is 354 g/mol. The molecule has 0 bridgehead atoms. The first-order chi connectivity index (χ1) is 13.7. The van der Waals surface area contributed by atoms with Gasteiger partial charge in [-0.25, -0.2) is 4.68 Å². The molecule has 7 heteroatoms.